The fourth-order valence-corrected chi connectivity index (χ4v) is 2.17. The zero-order valence-corrected chi connectivity index (χ0v) is 11.9. The van der Waals surface area contributed by atoms with E-state index in [1.54, 1.807) is 31.2 Å². The van der Waals surface area contributed by atoms with E-state index in [0.29, 0.717) is 10.6 Å². The largest absolute Gasteiger partial charge is 0.363 e. The molecule has 0 amide bonds. The zero-order chi connectivity index (χ0) is 15.7. The van der Waals surface area contributed by atoms with Crippen molar-refractivity contribution in [2.75, 3.05) is 11.9 Å². The van der Waals surface area contributed by atoms with Crippen molar-refractivity contribution >= 4 is 17.3 Å². The molecule has 0 spiro atoms. The van der Waals surface area contributed by atoms with Crippen molar-refractivity contribution in [1.29, 1.82) is 0 Å². The van der Waals surface area contributed by atoms with Crippen LogP contribution in [0.5, 0.6) is 0 Å². The van der Waals surface area contributed by atoms with Gasteiger partial charge in [0.25, 0.3) is 11.9 Å². The molecule has 21 heavy (non-hydrogen) atoms. The summed E-state index contributed by atoms with van der Waals surface area (Å²) in [5.74, 6) is -6.45. The molecule has 0 radical (unpaired) electrons. The topological polar surface area (TPSA) is 16.1 Å². The number of benzene rings is 1. The van der Waals surface area contributed by atoms with Crippen molar-refractivity contribution in [1.82, 2.24) is 4.98 Å². The molecule has 1 aromatic heterocycles. The summed E-state index contributed by atoms with van der Waals surface area (Å²) in [5.41, 5.74) is -0.172. The van der Waals surface area contributed by atoms with Gasteiger partial charge in [-0.15, -0.1) is 0 Å². The Morgan fingerprint density at radius 3 is 2.19 bits per heavy atom. The number of hydrogen-bond donors (Lipinski definition) is 0. The highest BCUT2D eigenvalue weighted by molar-refractivity contribution is 6.30. The summed E-state index contributed by atoms with van der Waals surface area (Å²) in [6.07, 6.45) is 0. The molecular formula is C14H11ClF4N2. The van der Waals surface area contributed by atoms with Gasteiger partial charge >= 0.3 is 0 Å². The molecule has 0 saturated carbocycles. The highest BCUT2D eigenvalue weighted by Crippen LogP contribution is 2.32. The molecule has 0 fully saturated rings. The van der Waals surface area contributed by atoms with Gasteiger partial charge in [-0.05, 0) is 24.6 Å². The van der Waals surface area contributed by atoms with Crippen LogP contribution in [0.25, 0.3) is 0 Å². The van der Waals surface area contributed by atoms with E-state index in [9.17, 15) is 17.6 Å². The van der Waals surface area contributed by atoms with Crippen LogP contribution in [0, 0.1) is 23.5 Å². The lowest BCUT2D eigenvalue weighted by Crippen LogP contribution is -2.25. The summed E-state index contributed by atoms with van der Waals surface area (Å²) >= 11 is 5.86. The Balaban J connectivity index is 2.47. The molecule has 2 rings (SSSR count). The molecule has 7 heteroatoms. The van der Waals surface area contributed by atoms with E-state index in [4.69, 9.17) is 11.6 Å². The third kappa shape index (κ3) is 2.95. The summed E-state index contributed by atoms with van der Waals surface area (Å²) in [7, 11) is 1.33. The van der Waals surface area contributed by atoms with Gasteiger partial charge < -0.3 is 4.90 Å². The molecular weight excluding hydrogens is 308 g/mol. The lowest BCUT2D eigenvalue weighted by molar-refractivity contribution is 0.405. The van der Waals surface area contributed by atoms with Crippen LogP contribution in [0.2, 0.25) is 5.02 Å². The number of pyridine rings is 1. The van der Waals surface area contributed by atoms with E-state index >= 15 is 0 Å². The number of anilines is 1. The Morgan fingerprint density at radius 1 is 1.10 bits per heavy atom. The molecule has 1 aromatic carbocycles. The Hall–Kier alpha value is -1.82. The van der Waals surface area contributed by atoms with Crippen LogP contribution in [0.15, 0.2) is 24.3 Å². The summed E-state index contributed by atoms with van der Waals surface area (Å²) in [6, 6.07) is 6.05. The van der Waals surface area contributed by atoms with E-state index in [1.165, 1.54) is 7.05 Å². The van der Waals surface area contributed by atoms with Crippen molar-refractivity contribution in [3.05, 3.63) is 58.4 Å². The summed E-state index contributed by atoms with van der Waals surface area (Å²) in [6.45, 7) is 1.63. The van der Waals surface area contributed by atoms with Gasteiger partial charge in [-0.3, -0.25) is 0 Å². The molecule has 0 N–H and O–H groups in total. The summed E-state index contributed by atoms with van der Waals surface area (Å²) in [5, 5.41) is 0.445. The molecule has 0 saturated heterocycles. The maximum Gasteiger partial charge on any atom is 0.253 e. The zero-order valence-electron chi connectivity index (χ0n) is 11.2. The Morgan fingerprint density at radius 2 is 1.67 bits per heavy atom. The predicted molar refractivity (Wildman–Crippen MR) is 72.3 cm³/mol. The average molecular weight is 319 g/mol. The molecule has 0 bridgehead atoms. The predicted octanol–water partition coefficient (Wildman–Crippen LogP) is 4.49. The van der Waals surface area contributed by atoms with Gasteiger partial charge in [-0.2, -0.15) is 22.5 Å². The minimum Gasteiger partial charge on any atom is -0.363 e. The van der Waals surface area contributed by atoms with Crippen LogP contribution in [0.3, 0.4) is 0 Å². The second kappa shape index (κ2) is 5.89. The van der Waals surface area contributed by atoms with E-state index in [-0.39, 0.29) is 0 Å². The lowest BCUT2D eigenvalue weighted by Gasteiger charge is -2.28. The quantitative estimate of drug-likeness (QED) is 0.612. The first kappa shape index (κ1) is 15.6. The normalized spacial score (nSPS) is 12.3. The third-order valence-corrected chi connectivity index (χ3v) is 3.47. The average Bonchev–Trinajstić information content (AvgIpc) is 2.44. The first-order chi connectivity index (χ1) is 9.82. The van der Waals surface area contributed by atoms with Gasteiger partial charge in [0.15, 0.2) is 0 Å². The fourth-order valence-electron chi connectivity index (χ4n) is 1.97. The minimum absolute atomic E-state index is 0.445. The third-order valence-electron chi connectivity index (χ3n) is 3.24. The monoisotopic (exact) mass is 318 g/mol. The Kier molecular flexibility index (Phi) is 4.37. The molecule has 1 unspecified atom stereocenters. The number of nitrogens with zero attached hydrogens (tertiary/aromatic N) is 2. The van der Waals surface area contributed by atoms with Gasteiger partial charge in [0, 0.05) is 12.1 Å². The number of aromatic nitrogens is 1. The highest BCUT2D eigenvalue weighted by atomic mass is 35.5. The SMILES string of the molecule is CC(c1cccc(Cl)c1)N(C)c1c(F)c(F)nc(F)c1F. The van der Waals surface area contributed by atoms with E-state index < -0.39 is 35.3 Å². The van der Waals surface area contributed by atoms with Crippen LogP contribution < -0.4 is 4.90 Å². The lowest BCUT2D eigenvalue weighted by atomic mass is 10.1. The molecule has 1 atom stereocenters. The van der Waals surface area contributed by atoms with Crippen molar-refractivity contribution in [2.24, 2.45) is 0 Å². The van der Waals surface area contributed by atoms with Crippen LogP contribution in [0.4, 0.5) is 23.2 Å². The molecule has 1 heterocycles. The number of halogens is 5. The van der Waals surface area contributed by atoms with Gasteiger partial charge in [0.2, 0.25) is 11.6 Å². The van der Waals surface area contributed by atoms with Crippen molar-refractivity contribution in [2.45, 2.75) is 13.0 Å². The molecule has 2 nitrogen and oxygen atoms in total. The fraction of sp³-hybridized carbons (Fsp3) is 0.214. The smallest absolute Gasteiger partial charge is 0.253 e. The molecule has 0 aliphatic rings. The molecule has 2 aromatic rings. The first-order valence-corrected chi connectivity index (χ1v) is 6.39. The van der Waals surface area contributed by atoms with Crippen molar-refractivity contribution in [3.63, 3.8) is 0 Å². The van der Waals surface area contributed by atoms with E-state index in [1.807, 2.05) is 0 Å². The molecule has 0 aliphatic carbocycles. The highest BCUT2D eigenvalue weighted by Gasteiger charge is 2.26. The number of hydrogen-bond acceptors (Lipinski definition) is 2. The Labute approximate surface area is 124 Å². The Bertz CT molecular complexity index is 652. The summed E-state index contributed by atoms with van der Waals surface area (Å²) < 4.78 is 53.8. The van der Waals surface area contributed by atoms with E-state index in [2.05, 4.69) is 4.98 Å². The van der Waals surface area contributed by atoms with Crippen LogP contribution in [0.1, 0.15) is 18.5 Å². The van der Waals surface area contributed by atoms with Gasteiger partial charge in [0.1, 0.15) is 5.69 Å². The second-order valence-corrected chi connectivity index (χ2v) is 4.95. The maximum atomic E-state index is 13.7. The van der Waals surface area contributed by atoms with Crippen LogP contribution in [-0.4, -0.2) is 12.0 Å². The van der Waals surface area contributed by atoms with Gasteiger partial charge in [-0.25, -0.2) is 0 Å². The minimum atomic E-state index is -1.69. The van der Waals surface area contributed by atoms with Crippen molar-refractivity contribution in [3.8, 4) is 0 Å². The van der Waals surface area contributed by atoms with Crippen molar-refractivity contribution < 1.29 is 17.6 Å². The second-order valence-electron chi connectivity index (χ2n) is 4.51. The first-order valence-electron chi connectivity index (χ1n) is 6.01. The molecule has 0 aliphatic heterocycles. The van der Waals surface area contributed by atoms with Crippen LogP contribution in [-0.2, 0) is 0 Å². The van der Waals surface area contributed by atoms with E-state index in [0.717, 1.165) is 4.90 Å². The van der Waals surface area contributed by atoms with Crippen LogP contribution >= 0.6 is 11.6 Å². The van der Waals surface area contributed by atoms with Gasteiger partial charge in [-0.1, -0.05) is 23.7 Å². The maximum absolute atomic E-state index is 13.7. The standard InChI is InChI=1S/C14H11ClF4N2/c1-7(8-4-3-5-9(15)6-8)21(2)12-10(16)13(18)20-14(19)11(12)17/h3-7H,1-2H3. The number of rotatable bonds is 3. The van der Waals surface area contributed by atoms with Gasteiger partial charge in [0.05, 0.1) is 6.04 Å². The summed E-state index contributed by atoms with van der Waals surface area (Å²) in [4.78, 5) is 3.62. The molecule has 112 valence electrons.